The van der Waals surface area contributed by atoms with E-state index in [4.69, 9.17) is 11.6 Å². The third kappa shape index (κ3) is 5.14. The summed E-state index contributed by atoms with van der Waals surface area (Å²) in [5.74, 6) is 0.130. The van der Waals surface area contributed by atoms with Crippen LogP contribution < -0.4 is 5.32 Å². The predicted molar refractivity (Wildman–Crippen MR) is 88.8 cm³/mol. The molecule has 1 N–H and O–H groups in total. The first kappa shape index (κ1) is 16.0. The first-order valence-electron chi connectivity index (χ1n) is 7.16. The Labute approximate surface area is 134 Å². The summed E-state index contributed by atoms with van der Waals surface area (Å²) in [6.07, 6.45) is 3.37. The third-order valence-corrected chi connectivity index (χ3v) is 4.30. The molecule has 1 heterocycles. The van der Waals surface area contributed by atoms with Crippen LogP contribution in [-0.4, -0.2) is 17.4 Å². The highest BCUT2D eigenvalue weighted by atomic mass is 35.5. The van der Waals surface area contributed by atoms with Crippen molar-refractivity contribution in [3.63, 3.8) is 0 Å². The van der Waals surface area contributed by atoms with Crippen LogP contribution in [0.2, 0.25) is 5.02 Å². The summed E-state index contributed by atoms with van der Waals surface area (Å²) in [5, 5.41) is 6.69. The van der Waals surface area contributed by atoms with Crippen LogP contribution in [0.15, 0.2) is 29.6 Å². The minimum absolute atomic E-state index is 0.130. The number of benzene rings is 1. The van der Waals surface area contributed by atoms with Crippen LogP contribution in [0.4, 0.5) is 0 Å². The van der Waals surface area contributed by atoms with Crippen molar-refractivity contribution in [3.05, 3.63) is 40.4 Å². The lowest BCUT2D eigenvalue weighted by Gasteiger charge is -2.02. The Morgan fingerprint density at radius 3 is 2.81 bits per heavy atom. The van der Waals surface area contributed by atoms with Gasteiger partial charge in [0, 0.05) is 35.4 Å². The average molecular weight is 323 g/mol. The zero-order valence-electron chi connectivity index (χ0n) is 12.1. The van der Waals surface area contributed by atoms with Crippen molar-refractivity contribution < 1.29 is 4.79 Å². The summed E-state index contributed by atoms with van der Waals surface area (Å²) < 4.78 is 0. The number of thiazole rings is 1. The smallest absolute Gasteiger partial charge is 0.220 e. The number of unbranched alkanes of at least 4 members (excludes halogenated alkanes) is 1. The summed E-state index contributed by atoms with van der Waals surface area (Å²) in [6.45, 7) is 2.73. The molecule has 1 aromatic heterocycles. The molecule has 0 radical (unpaired) electrons. The number of carbonyl (C=O) groups excluding carboxylic acids is 1. The Morgan fingerprint density at radius 1 is 1.33 bits per heavy atom. The molecule has 0 aliphatic heterocycles. The summed E-state index contributed by atoms with van der Waals surface area (Å²) in [6, 6.07) is 7.67. The van der Waals surface area contributed by atoms with Crippen molar-refractivity contribution in [1.29, 1.82) is 0 Å². The van der Waals surface area contributed by atoms with Crippen molar-refractivity contribution in [2.75, 3.05) is 6.54 Å². The maximum atomic E-state index is 11.5. The lowest BCUT2D eigenvalue weighted by Crippen LogP contribution is -2.25. The quantitative estimate of drug-likeness (QED) is 0.825. The number of aromatic nitrogens is 1. The van der Waals surface area contributed by atoms with Crippen molar-refractivity contribution in [1.82, 2.24) is 10.3 Å². The van der Waals surface area contributed by atoms with E-state index in [1.54, 1.807) is 11.3 Å². The maximum absolute atomic E-state index is 11.5. The van der Waals surface area contributed by atoms with Gasteiger partial charge in [-0.2, -0.15) is 0 Å². The van der Waals surface area contributed by atoms with Crippen molar-refractivity contribution in [2.45, 2.75) is 32.6 Å². The van der Waals surface area contributed by atoms with Gasteiger partial charge in [0.2, 0.25) is 5.91 Å². The average Bonchev–Trinajstić information content (AvgIpc) is 2.95. The standard InChI is InChI=1S/C16H19ClN2OS/c1-2-3-4-15(20)18-10-9-14-11-21-16(19-14)12-5-7-13(17)8-6-12/h5-8,11H,2-4,9-10H2,1H3,(H,18,20). The van der Waals surface area contributed by atoms with E-state index in [2.05, 4.69) is 17.2 Å². The van der Waals surface area contributed by atoms with Crippen LogP contribution in [0.1, 0.15) is 31.9 Å². The molecule has 0 atom stereocenters. The third-order valence-electron chi connectivity index (χ3n) is 3.10. The molecule has 0 fully saturated rings. The Kier molecular flexibility index (Phi) is 6.21. The number of rotatable bonds is 7. The lowest BCUT2D eigenvalue weighted by atomic mass is 10.2. The van der Waals surface area contributed by atoms with Gasteiger partial charge in [-0.1, -0.05) is 37.1 Å². The highest BCUT2D eigenvalue weighted by Crippen LogP contribution is 2.25. The molecule has 112 valence electrons. The molecular formula is C16H19ClN2OS. The summed E-state index contributed by atoms with van der Waals surface area (Å²) in [4.78, 5) is 16.1. The molecule has 0 saturated carbocycles. The van der Waals surface area contributed by atoms with Gasteiger partial charge < -0.3 is 5.32 Å². The van der Waals surface area contributed by atoms with Gasteiger partial charge in [0.25, 0.3) is 0 Å². The van der Waals surface area contributed by atoms with Crippen LogP contribution in [-0.2, 0) is 11.2 Å². The SMILES string of the molecule is CCCCC(=O)NCCc1csc(-c2ccc(Cl)cc2)n1. The highest BCUT2D eigenvalue weighted by molar-refractivity contribution is 7.13. The zero-order valence-corrected chi connectivity index (χ0v) is 13.6. The fourth-order valence-corrected chi connectivity index (χ4v) is 2.89. The van der Waals surface area contributed by atoms with E-state index in [-0.39, 0.29) is 5.91 Å². The van der Waals surface area contributed by atoms with Gasteiger partial charge in [-0.15, -0.1) is 11.3 Å². The summed E-state index contributed by atoms with van der Waals surface area (Å²) >= 11 is 7.50. The highest BCUT2D eigenvalue weighted by Gasteiger charge is 2.05. The molecule has 0 unspecified atom stereocenters. The molecule has 3 nitrogen and oxygen atoms in total. The number of nitrogens with zero attached hydrogens (tertiary/aromatic N) is 1. The van der Waals surface area contributed by atoms with Gasteiger partial charge in [-0.3, -0.25) is 4.79 Å². The van der Waals surface area contributed by atoms with E-state index in [1.165, 1.54) is 0 Å². The Balaban J connectivity index is 1.83. The predicted octanol–water partition coefficient (Wildman–Crippen LogP) is 4.31. The molecule has 0 aliphatic rings. The fraction of sp³-hybridized carbons (Fsp3) is 0.375. The lowest BCUT2D eigenvalue weighted by molar-refractivity contribution is -0.121. The van der Waals surface area contributed by atoms with Crippen LogP contribution in [0.5, 0.6) is 0 Å². The van der Waals surface area contributed by atoms with Gasteiger partial charge in [0.05, 0.1) is 5.69 Å². The normalized spacial score (nSPS) is 10.6. The fourth-order valence-electron chi connectivity index (χ4n) is 1.90. The van der Waals surface area contributed by atoms with Crippen molar-refractivity contribution in [3.8, 4) is 10.6 Å². The molecule has 0 aliphatic carbocycles. The van der Waals surface area contributed by atoms with E-state index in [9.17, 15) is 4.79 Å². The van der Waals surface area contributed by atoms with E-state index in [1.807, 2.05) is 29.6 Å². The number of hydrogen-bond donors (Lipinski definition) is 1. The molecule has 1 amide bonds. The first-order chi connectivity index (χ1) is 10.2. The Bertz CT molecular complexity index is 580. The van der Waals surface area contributed by atoms with Crippen LogP contribution in [0, 0.1) is 0 Å². The monoisotopic (exact) mass is 322 g/mol. The largest absolute Gasteiger partial charge is 0.356 e. The zero-order chi connectivity index (χ0) is 15.1. The number of nitrogens with one attached hydrogen (secondary N) is 1. The summed E-state index contributed by atoms with van der Waals surface area (Å²) in [5.41, 5.74) is 2.09. The molecule has 1 aromatic carbocycles. The minimum atomic E-state index is 0.130. The second-order valence-corrected chi connectivity index (χ2v) is 6.15. The molecule has 0 bridgehead atoms. The van der Waals surface area contributed by atoms with Gasteiger partial charge in [0.15, 0.2) is 0 Å². The van der Waals surface area contributed by atoms with Crippen molar-refractivity contribution in [2.24, 2.45) is 0 Å². The van der Waals surface area contributed by atoms with E-state index in [0.29, 0.717) is 13.0 Å². The summed E-state index contributed by atoms with van der Waals surface area (Å²) in [7, 11) is 0. The maximum Gasteiger partial charge on any atom is 0.220 e. The second kappa shape index (κ2) is 8.15. The molecule has 2 aromatic rings. The van der Waals surface area contributed by atoms with E-state index in [0.717, 1.165) is 40.6 Å². The second-order valence-electron chi connectivity index (χ2n) is 4.85. The number of amides is 1. The number of halogens is 1. The molecule has 21 heavy (non-hydrogen) atoms. The van der Waals surface area contributed by atoms with Crippen LogP contribution in [0.3, 0.4) is 0 Å². The van der Waals surface area contributed by atoms with Gasteiger partial charge in [-0.25, -0.2) is 4.98 Å². The first-order valence-corrected chi connectivity index (χ1v) is 8.42. The Morgan fingerprint density at radius 2 is 2.10 bits per heavy atom. The van der Waals surface area contributed by atoms with E-state index < -0.39 is 0 Å². The molecular weight excluding hydrogens is 304 g/mol. The van der Waals surface area contributed by atoms with Crippen LogP contribution in [0.25, 0.3) is 10.6 Å². The Hall–Kier alpha value is -1.39. The van der Waals surface area contributed by atoms with Crippen LogP contribution >= 0.6 is 22.9 Å². The molecule has 0 saturated heterocycles. The number of carbonyl (C=O) groups is 1. The van der Waals surface area contributed by atoms with Gasteiger partial charge >= 0.3 is 0 Å². The van der Waals surface area contributed by atoms with Crippen molar-refractivity contribution >= 4 is 28.8 Å². The van der Waals surface area contributed by atoms with E-state index >= 15 is 0 Å². The molecule has 5 heteroatoms. The number of hydrogen-bond acceptors (Lipinski definition) is 3. The molecule has 2 rings (SSSR count). The van der Waals surface area contributed by atoms with Gasteiger partial charge in [-0.05, 0) is 18.6 Å². The van der Waals surface area contributed by atoms with Gasteiger partial charge in [0.1, 0.15) is 5.01 Å². The topological polar surface area (TPSA) is 42.0 Å². The minimum Gasteiger partial charge on any atom is -0.356 e. The molecule has 0 spiro atoms.